The van der Waals surface area contributed by atoms with Crippen molar-refractivity contribution >= 4 is 5.97 Å². The third kappa shape index (κ3) is 2.30. The van der Waals surface area contributed by atoms with Crippen LogP contribution in [0.25, 0.3) is 0 Å². The Balaban J connectivity index is 1.89. The first kappa shape index (κ1) is 12.8. The number of aromatic nitrogens is 2. The highest BCUT2D eigenvalue weighted by Crippen LogP contribution is 2.28. The van der Waals surface area contributed by atoms with Crippen molar-refractivity contribution < 1.29 is 14.1 Å². The van der Waals surface area contributed by atoms with E-state index in [9.17, 15) is 4.79 Å². The highest BCUT2D eigenvalue weighted by molar-refractivity contribution is 5.84. The molecule has 1 atom stereocenters. The normalized spacial score (nSPS) is 17.6. The molecule has 104 valence electrons. The molecule has 0 saturated heterocycles. The van der Waals surface area contributed by atoms with Crippen molar-refractivity contribution in [1.82, 2.24) is 15.5 Å². The van der Waals surface area contributed by atoms with Crippen LogP contribution in [-0.4, -0.2) is 29.3 Å². The molecule has 1 aromatic heterocycles. The van der Waals surface area contributed by atoms with Crippen LogP contribution in [-0.2, 0) is 11.3 Å². The average Bonchev–Trinajstić information content (AvgIpc) is 2.97. The van der Waals surface area contributed by atoms with E-state index in [1.807, 2.05) is 12.1 Å². The number of benzene rings is 1. The highest BCUT2D eigenvalue weighted by Gasteiger charge is 2.27. The van der Waals surface area contributed by atoms with E-state index in [0.29, 0.717) is 12.4 Å². The van der Waals surface area contributed by atoms with Gasteiger partial charge in [0.2, 0.25) is 5.89 Å². The van der Waals surface area contributed by atoms with Gasteiger partial charge in [0.15, 0.2) is 0 Å². The number of rotatable bonds is 3. The fraction of sp³-hybridized carbons (Fsp3) is 0.357. The molecular formula is C14H15N3O3. The van der Waals surface area contributed by atoms with Gasteiger partial charge in [0.05, 0.1) is 12.5 Å². The predicted molar refractivity (Wildman–Crippen MR) is 70.2 cm³/mol. The smallest absolute Gasteiger partial charge is 0.379 e. The second-order valence-electron chi connectivity index (χ2n) is 4.56. The summed E-state index contributed by atoms with van der Waals surface area (Å²) in [4.78, 5) is 15.7. The zero-order valence-electron chi connectivity index (χ0n) is 11.1. The van der Waals surface area contributed by atoms with Gasteiger partial charge in [0, 0.05) is 13.1 Å². The van der Waals surface area contributed by atoms with E-state index in [0.717, 1.165) is 12.1 Å². The minimum atomic E-state index is -0.556. The molecule has 0 radical (unpaired) electrons. The van der Waals surface area contributed by atoms with Crippen LogP contribution in [0.2, 0.25) is 0 Å². The summed E-state index contributed by atoms with van der Waals surface area (Å²) < 4.78 is 10.1. The molecule has 20 heavy (non-hydrogen) atoms. The molecular weight excluding hydrogens is 258 g/mol. The van der Waals surface area contributed by atoms with E-state index >= 15 is 0 Å². The molecule has 1 aliphatic rings. The van der Waals surface area contributed by atoms with Gasteiger partial charge in [-0.2, -0.15) is 4.98 Å². The molecule has 3 rings (SSSR count). The number of nitrogens with zero attached hydrogens (tertiary/aromatic N) is 2. The second-order valence-corrected chi connectivity index (χ2v) is 4.56. The van der Waals surface area contributed by atoms with Crippen molar-refractivity contribution in [1.29, 1.82) is 0 Å². The fourth-order valence-corrected chi connectivity index (χ4v) is 2.37. The van der Waals surface area contributed by atoms with Crippen LogP contribution in [0.5, 0.6) is 0 Å². The molecule has 2 aromatic rings. The molecule has 0 fully saturated rings. The third-order valence-electron chi connectivity index (χ3n) is 3.29. The van der Waals surface area contributed by atoms with Gasteiger partial charge in [-0.3, -0.25) is 0 Å². The monoisotopic (exact) mass is 273 g/mol. The largest absolute Gasteiger partial charge is 0.460 e. The van der Waals surface area contributed by atoms with Gasteiger partial charge in [-0.25, -0.2) is 4.79 Å². The SMILES string of the molecule is CCOC(=O)c1noc(C2CNCc3ccccc32)n1. The summed E-state index contributed by atoms with van der Waals surface area (Å²) in [5.74, 6) is -0.173. The maximum atomic E-state index is 11.6. The Morgan fingerprint density at radius 1 is 1.50 bits per heavy atom. The van der Waals surface area contributed by atoms with E-state index in [4.69, 9.17) is 9.26 Å². The number of hydrogen-bond acceptors (Lipinski definition) is 6. The van der Waals surface area contributed by atoms with Crippen molar-refractivity contribution in [3.05, 3.63) is 47.1 Å². The topological polar surface area (TPSA) is 77.2 Å². The van der Waals surface area contributed by atoms with Crippen LogP contribution >= 0.6 is 0 Å². The zero-order chi connectivity index (χ0) is 13.9. The van der Waals surface area contributed by atoms with E-state index in [-0.39, 0.29) is 18.3 Å². The number of fused-ring (bicyclic) bond motifs is 1. The van der Waals surface area contributed by atoms with Gasteiger partial charge in [0.1, 0.15) is 0 Å². The summed E-state index contributed by atoms with van der Waals surface area (Å²) in [6.45, 7) is 3.56. The maximum absolute atomic E-state index is 11.6. The molecule has 0 amide bonds. The van der Waals surface area contributed by atoms with Crippen LogP contribution in [0.4, 0.5) is 0 Å². The number of nitrogens with one attached hydrogen (secondary N) is 1. The Morgan fingerprint density at radius 2 is 2.35 bits per heavy atom. The van der Waals surface area contributed by atoms with Gasteiger partial charge < -0.3 is 14.6 Å². The number of carbonyl (C=O) groups excluding carboxylic acids is 1. The first-order valence-electron chi connectivity index (χ1n) is 6.59. The Bertz CT molecular complexity index is 624. The van der Waals surface area contributed by atoms with E-state index in [2.05, 4.69) is 27.6 Å². The molecule has 1 aliphatic heterocycles. The lowest BCUT2D eigenvalue weighted by Gasteiger charge is -2.23. The summed E-state index contributed by atoms with van der Waals surface area (Å²) >= 11 is 0. The number of esters is 1. The average molecular weight is 273 g/mol. The maximum Gasteiger partial charge on any atom is 0.379 e. The van der Waals surface area contributed by atoms with E-state index in [1.165, 1.54) is 5.56 Å². The summed E-state index contributed by atoms with van der Waals surface area (Å²) in [6.07, 6.45) is 0. The first-order valence-corrected chi connectivity index (χ1v) is 6.59. The molecule has 0 saturated carbocycles. The molecule has 6 nitrogen and oxygen atoms in total. The van der Waals surface area contributed by atoms with Crippen molar-refractivity contribution in [2.45, 2.75) is 19.4 Å². The molecule has 0 spiro atoms. The number of hydrogen-bond donors (Lipinski definition) is 1. The molecule has 1 aromatic carbocycles. The molecule has 6 heteroatoms. The van der Waals surface area contributed by atoms with Crippen LogP contribution in [0.1, 0.15) is 40.5 Å². The highest BCUT2D eigenvalue weighted by atomic mass is 16.5. The summed E-state index contributed by atoms with van der Waals surface area (Å²) in [6, 6.07) is 8.10. The molecule has 0 bridgehead atoms. The predicted octanol–water partition coefficient (Wildman–Crippen LogP) is 1.48. The van der Waals surface area contributed by atoms with Crippen LogP contribution < -0.4 is 5.32 Å². The van der Waals surface area contributed by atoms with Crippen LogP contribution in [0.3, 0.4) is 0 Å². The van der Waals surface area contributed by atoms with Gasteiger partial charge in [0.25, 0.3) is 5.82 Å². The first-order chi connectivity index (χ1) is 9.79. The number of carbonyl (C=O) groups is 1. The minimum Gasteiger partial charge on any atom is -0.460 e. The lowest BCUT2D eigenvalue weighted by molar-refractivity contribution is 0.0508. The van der Waals surface area contributed by atoms with Crippen molar-refractivity contribution in [3.63, 3.8) is 0 Å². The molecule has 1 unspecified atom stereocenters. The Labute approximate surface area is 116 Å². The summed E-state index contributed by atoms with van der Waals surface area (Å²) in [5.41, 5.74) is 2.37. The number of ether oxygens (including phenoxy) is 1. The van der Waals surface area contributed by atoms with E-state index < -0.39 is 5.97 Å². The Kier molecular flexibility index (Phi) is 3.47. The fourth-order valence-electron chi connectivity index (χ4n) is 2.37. The minimum absolute atomic E-state index is 0.0232. The Hall–Kier alpha value is -2.21. The summed E-state index contributed by atoms with van der Waals surface area (Å²) in [7, 11) is 0. The van der Waals surface area contributed by atoms with Gasteiger partial charge >= 0.3 is 5.97 Å². The quantitative estimate of drug-likeness (QED) is 0.854. The van der Waals surface area contributed by atoms with Crippen molar-refractivity contribution in [2.75, 3.05) is 13.2 Å². The van der Waals surface area contributed by atoms with Gasteiger partial charge in [-0.1, -0.05) is 24.3 Å². The lowest BCUT2D eigenvalue weighted by Crippen LogP contribution is -2.29. The lowest BCUT2D eigenvalue weighted by atomic mass is 9.91. The summed E-state index contributed by atoms with van der Waals surface area (Å²) in [5, 5.41) is 7.00. The molecule has 2 heterocycles. The molecule has 1 N–H and O–H groups in total. The van der Waals surface area contributed by atoms with Crippen molar-refractivity contribution in [2.24, 2.45) is 0 Å². The Morgan fingerprint density at radius 3 is 3.20 bits per heavy atom. The van der Waals surface area contributed by atoms with E-state index in [1.54, 1.807) is 6.92 Å². The van der Waals surface area contributed by atoms with Crippen LogP contribution in [0, 0.1) is 0 Å². The van der Waals surface area contributed by atoms with Crippen molar-refractivity contribution in [3.8, 4) is 0 Å². The van der Waals surface area contributed by atoms with Gasteiger partial charge in [-0.15, -0.1) is 0 Å². The standard InChI is InChI=1S/C14H15N3O3/c1-2-19-14(18)12-16-13(20-17-12)11-8-15-7-9-5-3-4-6-10(9)11/h3-6,11,15H,2,7-8H2,1H3. The van der Waals surface area contributed by atoms with Gasteiger partial charge in [-0.05, 0) is 23.2 Å². The zero-order valence-corrected chi connectivity index (χ0v) is 11.1. The molecule has 0 aliphatic carbocycles. The second kappa shape index (κ2) is 5.42. The van der Waals surface area contributed by atoms with Crippen LogP contribution in [0.15, 0.2) is 28.8 Å². The third-order valence-corrected chi connectivity index (χ3v) is 3.29.